The number of alkyl halides is 2. The Kier molecular flexibility index (Phi) is 8.37. The highest BCUT2D eigenvalue weighted by Gasteiger charge is 2.33. The number of halogens is 2. The molecule has 2 aromatic rings. The normalized spacial score (nSPS) is 20.3. The van der Waals surface area contributed by atoms with Crippen LogP contribution in [0, 0.1) is 5.92 Å². The van der Waals surface area contributed by atoms with E-state index in [1.54, 1.807) is 13.1 Å². The zero-order valence-electron chi connectivity index (χ0n) is 21.0. The van der Waals surface area contributed by atoms with Gasteiger partial charge in [-0.15, -0.1) is 0 Å². The molecule has 0 aromatic carbocycles. The molecule has 5 N–H and O–H groups in total. The van der Waals surface area contributed by atoms with Gasteiger partial charge in [-0.1, -0.05) is 0 Å². The third kappa shape index (κ3) is 6.62. The molecule has 0 spiro atoms. The Morgan fingerprint density at radius 1 is 1.22 bits per heavy atom. The van der Waals surface area contributed by atoms with Crippen LogP contribution in [0.1, 0.15) is 68.0 Å². The van der Waals surface area contributed by atoms with Crippen LogP contribution in [0.25, 0.3) is 5.70 Å². The number of nitrogens with one attached hydrogen (secondary N) is 1. The fourth-order valence-electron chi connectivity index (χ4n) is 4.47. The van der Waals surface area contributed by atoms with Crippen molar-refractivity contribution in [3.05, 3.63) is 47.2 Å². The lowest BCUT2D eigenvalue weighted by Crippen LogP contribution is -2.32. The maximum atomic E-state index is 13.0. The van der Waals surface area contributed by atoms with Gasteiger partial charge in [-0.25, -0.2) is 29.6 Å². The molecule has 200 valence electrons. The molecule has 4 rings (SSSR count). The third-order valence-corrected chi connectivity index (χ3v) is 6.63. The van der Waals surface area contributed by atoms with Crippen molar-refractivity contribution in [3.63, 3.8) is 0 Å². The lowest BCUT2D eigenvalue weighted by molar-refractivity contribution is -0.147. The van der Waals surface area contributed by atoms with Gasteiger partial charge < -0.3 is 25.5 Å². The number of rotatable bonds is 10. The average Bonchev–Trinajstić information content (AvgIpc) is 3.74. The van der Waals surface area contributed by atoms with Crippen LogP contribution >= 0.6 is 0 Å². The number of hydrogen-bond acceptors (Lipinski definition) is 10. The van der Waals surface area contributed by atoms with Crippen molar-refractivity contribution in [2.24, 2.45) is 17.5 Å². The lowest BCUT2D eigenvalue weighted by Gasteiger charge is -2.28. The zero-order valence-corrected chi connectivity index (χ0v) is 21.0. The fraction of sp³-hybridized carbons (Fsp3) is 0.520. The van der Waals surface area contributed by atoms with Crippen molar-refractivity contribution < 1.29 is 23.0 Å². The third-order valence-electron chi connectivity index (χ3n) is 6.63. The van der Waals surface area contributed by atoms with Gasteiger partial charge in [-0.2, -0.15) is 0 Å². The molecule has 1 unspecified atom stereocenters. The number of carbonyl (C=O) groups excluding carboxylic acids is 1. The van der Waals surface area contributed by atoms with E-state index in [1.165, 1.54) is 18.3 Å². The lowest BCUT2D eigenvalue weighted by atomic mass is 9.87. The summed E-state index contributed by atoms with van der Waals surface area (Å²) in [6, 6.07) is 4.79. The summed E-state index contributed by atoms with van der Waals surface area (Å²) in [4.78, 5) is 24.6. The average molecular weight is 518 g/mol. The molecule has 12 heteroatoms. The number of aromatic nitrogens is 3. The molecule has 2 saturated carbocycles. The molecule has 2 aromatic heterocycles. The Morgan fingerprint density at radius 2 is 2.00 bits per heavy atom. The van der Waals surface area contributed by atoms with E-state index in [9.17, 15) is 13.6 Å². The van der Waals surface area contributed by atoms with Gasteiger partial charge in [0.05, 0.1) is 48.5 Å². The van der Waals surface area contributed by atoms with Crippen molar-refractivity contribution in [3.8, 4) is 5.75 Å². The second-order valence-corrected chi connectivity index (χ2v) is 9.41. The van der Waals surface area contributed by atoms with Gasteiger partial charge in [-0.3, -0.25) is 4.79 Å². The number of carbonyl (C=O) groups is 1. The summed E-state index contributed by atoms with van der Waals surface area (Å²) in [6.45, 7) is 0.0984. The molecule has 10 nitrogen and oxygen atoms in total. The highest BCUT2D eigenvalue weighted by Crippen LogP contribution is 2.44. The molecular weight excluding hydrogens is 484 g/mol. The van der Waals surface area contributed by atoms with Crippen molar-refractivity contribution in [1.29, 1.82) is 0 Å². The van der Waals surface area contributed by atoms with E-state index in [4.69, 9.17) is 26.0 Å². The predicted molar refractivity (Wildman–Crippen MR) is 133 cm³/mol. The number of pyridine rings is 1. The molecule has 0 bridgehead atoms. The summed E-state index contributed by atoms with van der Waals surface area (Å²) in [7, 11) is 3.04. The summed E-state index contributed by atoms with van der Waals surface area (Å²) in [5, 5.41) is 4.24. The van der Waals surface area contributed by atoms with E-state index in [-0.39, 0.29) is 42.1 Å². The minimum Gasteiger partial charge on any atom is -0.488 e. The monoisotopic (exact) mass is 517 g/mol. The standard InChI is InChI=1S/C25H33F2N7O3/c1-34(29)19(13-31-25-30-11-10-18(33-25)23(26)27)21(28)17-8-9-20(22(32-17)14-6-7-14)37-16-5-3-4-15(12-16)24(35)36-2/h8-11,14-16,23H,3-7,12-13,28-29H2,1-2H3,(H,30,31,33)/b21-19-/t15-,16?/m0/s1. The summed E-state index contributed by atoms with van der Waals surface area (Å²) >= 11 is 0. The smallest absolute Gasteiger partial charge is 0.308 e. The van der Waals surface area contributed by atoms with Crippen LogP contribution in [-0.4, -0.2) is 52.7 Å². The number of esters is 1. The number of anilines is 1. The molecular formula is C25H33F2N7O3. The predicted octanol–water partition coefficient (Wildman–Crippen LogP) is 3.34. The Morgan fingerprint density at radius 3 is 2.68 bits per heavy atom. The van der Waals surface area contributed by atoms with Crippen molar-refractivity contribution >= 4 is 17.6 Å². The van der Waals surface area contributed by atoms with Crippen molar-refractivity contribution in [2.45, 2.75) is 57.0 Å². The Balaban J connectivity index is 1.53. The second kappa shape index (κ2) is 11.7. The highest BCUT2D eigenvalue weighted by molar-refractivity contribution is 5.72. The minimum atomic E-state index is -2.70. The van der Waals surface area contributed by atoms with Crippen LogP contribution in [0.4, 0.5) is 14.7 Å². The Hall–Kier alpha value is -3.54. The second-order valence-electron chi connectivity index (χ2n) is 9.41. The molecule has 2 atom stereocenters. The van der Waals surface area contributed by atoms with Gasteiger partial charge in [0.2, 0.25) is 5.95 Å². The molecule has 2 fully saturated rings. The van der Waals surface area contributed by atoms with Gasteiger partial charge in [0.25, 0.3) is 6.43 Å². The van der Waals surface area contributed by atoms with Crippen LogP contribution < -0.4 is 21.6 Å². The first kappa shape index (κ1) is 26.5. The van der Waals surface area contributed by atoms with Crippen LogP contribution in [0.2, 0.25) is 0 Å². The van der Waals surface area contributed by atoms with Crippen molar-refractivity contribution in [1.82, 2.24) is 20.0 Å². The van der Waals surface area contributed by atoms with E-state index < -0.39 is 6.43 Å². The summed E-state index contributed by atoms with van der Waals surface area (Å²) < 4.78 is 37.2. The van der Waals surface area contributed by atoms with E-state index in [0.717, 1.165) is 43.9 Å². The number of ether oxygens (including phenoxy) is 2. The highest BCUT2D eigenvalue weighted by atomic mass is 19.3. The zero-order chi connectivity index (χ0) is 26.5. The Bertz CT molecular complexity index is 1140. The largest absolute Gasteiger partial charge is 0.488 e. The maximum Gasteiger partial charge on any atom is 0.308 e. The summed E-state index contributed by atoms with van der Waals surface area (Å²) in [5.41, 5.74) is 8.28. The first-order valence-corrected chi connectivity index (χ1v) is 12.3. The summed E-state index contributed by atoms with van der Waals surface area (Å²) in [6.07, 6.45) is 3.67. The molecule has 2 aliphatic carbocycles. The topological polar surface area (TPSA) is 142 Å². The SMILES string of the molecule is COC(=O)[C@H]1CCCC(Oc2ccc(/C(N)=C(\CNc3nccc(C(F)F)n3)N(C)N)nc2C2CC2)C1. The molecule has 0 saturated heterocycles. The first-order valence-electron chi connectivity index (χ1n) is 12.3. The quantitative estimate of drug-likeness (QED) is 0.244. The number of methoxy groups -OCH3 is 1. The van der Waals surface area contributed by atoms with Gasteiger partial charge in [-0.05, 0) is 56.7 Å². The van der Waals surface area contributed by atoms with Crippen LogP contribution in [-0.2, 0) is 9.53 Å². The molecule has 0 radical (unpaired) electrons. The van der Waals surface area contributed by atoms with Gasteiger partial charge in [0, 0.05) is 19.2 Å². The van der Waals surface area contributed by atoms with E-state index >= 15 is 0 Å². The van der Waals surface area contributed by atoms with Crippen LogP contribution in [0.3, 0.4) is 0 Å². The number of hydrazine groups is 1. The molecule has 2 aliphatic rings. The Labute approximate surface area is 214 Å². The molecule has 2 heterocycles. The van der Waals surface area contributed by atoms with Gasteiger partial charge >= 0.3 is 5.97 Å². The van der Waals surface area contributed by atoms with Crippen LogP contribution in [0.5, 0.6) is 5.75 Å². The maximum absolute atomic E-state index is 13.0. The number of hydrogen-bond donors (Lipinski definition) is 3. The van der Waals surface area contributed by atoms with Gasteiger partial charge in [0.15, 0.2) is 0 Å². The summed E-state index contributed by atoms with van der Waals surface area (Å²) in [5.74, 6) is 6.71. The minimum absolute atomic E-state index is 0.0399. The number of likely N-dealkylation sites (N-methyl/N-ethyl adjacent to an activating group) is 1. The molecule has 0 amide bonds. The number of nitrogens with two attached hydrogens (primary N) is 2. The first-order chi connectivity index (χ1) is 17.8. The van der Waals surface area contributed by atoms with E-state index in [0.29, 0.717) is 29.3 Å². The van der Waals surface area contributed by atoms with Gasteiger partial charge in [0.1, 0.15) is 11.4 Å². The van der Waals surface area contributed by atoms with Crippen LogP contribution in [0.15, 0.2) is 30.1 Å². The molecule has 0 aliphatic heterocycles. The van der Waals surface area contributed by atoms with Crippen molar-refractivity contribution in [2.75, 3.05) is 26.0 Å². The van der Waals surface area contributed by atoms with E-state index in [1.807, 2.05) is 6.07 Å². The fourth-order valence-corrected chi connectivity index (χ4v) is 4.47. The number of nitrogens with zero attached hydrogens (tertiary/aromatic N) is 4. The van der Waals surface area contributed by atoms with E-state index in [2.05, 4.69) is 15.3 Å². The molecule has 37 heavy (non-hydrogen) atoms.